The maximum absolute atomic E-state index is 12.3. The fourth-order valence-corrected chi connectivity index (χ4v) is 2.85. The summed E-state index contributed by atoms with van der Waals surface area (Å²) in [5.41, 5.74) is 3.39. The maximum Gasteiger partial charge on any atom is 0.228 e. The van der Waals surface area contributed by atoms with Gasteiger partial charge in [0.15, 0.2) is 0 Å². The predicted molar refractivity (Wildman–Crippen MR) is 104 cm³/mol. The summed E-state index contributed by atoms with van der Waals surface area (Å²) in [6.07, 6.45) is 2.36. The first-order chi connectivity index (χ1) is 12.5. The molecule has 0 atom stereocenters. The van der Waals surface area contributed by atoms with Gasteiger partial charge in [-0.25, -0.2) is 0 Å². The zero-order valence-corrected chi connectivity index (χ0v) is 15.1. The first-order valence-corrected chi connectivity index (χ1v) is 8.57. The van der Waals surface area contributed by atoms with Crippen LogP contribution >= 0.6 is 0 Å². The van der Waals surface area contributed by atoms with E-state index in [4.69, 9.17) is 5.26 Å². The summed E-state index contributed by atoms with van der Waals surface area (Å²) in [5, 5.41) is 13.0. The second kappa shape index (κ2) is 7.85. The first-order valence-electron chi connectivity index (χ1n) is 8.57. The fourth-order valence-electron chi connectivity index (χ4n) is 2.85. The van der Waals surface area contributed by atoms with Gasteiger partial charge in [0.2, 0.25) is 5.91 Å². The van der Waals surface area contributed by atoms with Gasteiger partial charge in [-0.1, -0.05) is 18.2 Å². The Hall–Kier alpha value is -3.10. The number of hydrogen-bond acceptors (Lipinski definition) is 3. The molecule has 0 saturated carbocycles. The van der Waals surface area contributed by atoms with Gasteiger partial charge in [-0.15, -0.1) is 0 Å². The second-order valence-electron chi connectivity index (χ2n) is 6.62. The highest BCUT2D eigenvalue weighted by Crippen LogP contribution is 2.21. The van der Waals surface area contributed by atoms with Gasteiger partial charge in [0, 0.05) is 25.0 Å². The maximum atomic E-state index is 12.3. The Kier molecular flexibility index (Phi) is 5.35. The minimum Gasteiger partial charge on any atom is -0.346 e. The number of likely N-dealkylation sites (N-methyl/N-ethyl adjacent to an activating group) is 1. The van der Waals surface area contributed by atoms with Crippen LogP contribution in [0.15, 0.2) is 54.7 Å². The molecule has 1 aromatic heterocycles. The van der Waals surface area contributed by atoms with Crippen molar-refractivity contribution in [3.05, 3.63) is 65.9 Å². The van der Waals surface area contributed by atoms with Crippen LogP contribution < -0.4 is 5.32 Å². The fraction of sp³-hybridized carbons (Fsp3) is 0.238. The van der Waals surface area contributed by atoms with Crippen LogP contribution in [0.3, 0.4) is 0 Å². The highest BCUT2D eigenvalue weighted by Gasteiger charge is 2.07. The summed E-state index contributed by atoms with van der Waals surface area (Å²) < 4.78 is 2.20. The number of hydrogen-bond donors (Lipinski definition) is 1. The number of benzene rings is 2. The van der Waals surface area contributed by atoms with Crippen molar-refractivity contribution in [2.45, 2.75) is 13.0 Å². The molecule has 1 N–H and O–H groups in total. The van der Waals surface area contributed by atoms with Crippen molar-refractivity contribution in [3.8, 4) is 6.07 Å². The topological polar surface area (TPSA) is 61.1 Å². The number of nitrogens with zero attached hydrogens (tertiary/aromatic N) is 3. The van der Waals surface area contributed by atoms with Gasteiger partial charge in [0.05, 0.1) is 23.6 Å². The number of amides is 1. The number of carbonyl (C=O) groups is 1. The summed E-state index contributed by atoms with van der Waals surface area (Å²) in [6, 6.07) is 17.2. The molecule has 1 heterocycles. The van der Waals surface area contributed by atoms with Gasteiger partial charge < -0.3 is 14.8 Å². The Morgan fingerprint density at radius 3 is 2.62 bits per heavy atom. The van der Waals surface area contributed by atoms with Crippen molar-refractivity contribution in [2.24, 2.45) is 0 Å². The lowest BCUT2D eigenvalue weighted by Gasteiger charge is -2.12. The number of aromatic nitrogens is 1. The van der Waals surface area contributed by atoms with Crippen molar-refractivity contribution >= 4 is 22.5 Å². The van der Waals surface area contributed by atoms with Gasteiger partial charge in [-0.05, 0) is 55.4 Å². The molecule has 132 valence electrons. The third-order valence-electron chi connectivity index (χ3n) is 4.29. The molecule has 0 saturated heterocycles. The van der Waals surface area contributed by atoms with Crippen LogP contribution in [0.5, 0.6) is 0 Å². The van der Waals surface area contributed by atoms with E-state index in [2.05, 4.69) is 47.2 Å². The molecule has 0 radical (unpaired) electrons. The van der Waals surface area contributed by atoms with Gasteiger partial charge in [0.1, 0.15) is 0 Å². The average molecular weight is 346 g/mol. The van der Waals surface area contributed by atoms with E-state index in [-0.39, 0.29) is 12.3 Å². The van der Waals surface area contributed by atoms with Crippen LogP contribution in [-0.2, 0) is 17.8 Å². The zero-order chi connectivity index (χ0) is 18.5. The molecule has 5 heteroatoms. The van der Waals surface area contributed by atoms with E-state index in [1.54, 1.807) is 12.1 Å². The number of nitriles is 1. The van der Waals surface area contributed by atoms with E-state index >= 15 is 0 Å². The SMILES string of the molecule is CN(C)CCn1ccc2ccc(NC(=O)Cc3ccc(C#N)cc3)cc21. The predicted octanol–water partition coefficient (Wildman–Crippen LogP) is 3.26. The second-order valence-corrected chi connectivity index (χ2v) is 6.62. The number of carbonyl (C=O) groups excluding carboxylic acids is 1. The number of nitrogens with one attached hydrogen (secondary N) is 1. The Balaban J connectivity index is 1.70. The van der Waals surface area contributed by atoms with Crippen LogP contribution in [0, 0.1) is 11.3 Å². The summed E-state index contributed by atoms with van der Waals surface area (Å²) in [6.45, 7) is 1.86. The van der Waals surface area contributed by atoms with E-state index in [1.807, 2.05) is 30.3 Å². The monoisotopic (exact) mass is 346 g/mol. The Morgan fingerprint density at radius 1 is 1.15 bits per heavy atom. The summed E-state index contributed by atoms with van der Waals surface area (Å²) in [7, 11) is 4.11. The number of rotatable bonds is 6. The summed E-state index contributed by atoms with van der Waals surface area (Å²) in [5.74, 6) is -0.0690. The lowest BCUT2D eigenvalue weighted by atomic mass is 10.1. The molecule has 1 amide bonds. The lowest BCUT2D eigenvalue weighted by Crippen LogP contribution is -2.18. The summed E-state index contributed by atoms with van der Waals surface area (Å²) >= 11 is 0. The normalized spacial score (nSPS) is 10.8. The third kappa shape index (κ3) is 4.29. The number of fused-ring (bicyclic) bond motifs is 1. The van der Waals surface area contributed by atoms with Crippen molar-refractivity contribution in [1.82, 2.24) is 9.47 Å². The van der Waals surface area contributed by atoms with E-state index in [0.717, 1.165) is 35.2 Å². The molecule has 3 rings (SSSR count). The van der Waals surface area contributed by atoms with E-state index in [9.17, 15) is 4.79 Å². The van der Waals surface area contributed by atoms with Crippen molar-refractivity contribution in [3.63, 3.8) is 0 Å². The molecule has 26 heavy (non-hydrogen) atoms. The molecule has 5 nitrogen and oxygen atoms in total. The summed E-state index contributed by atoms with van der Waals surface area (Å²) in [4.78, 5) is 14.5. The largest absolute Gasteiger partial charge is 0.346 e. The Bertz CT molecular complexity index is 948. The average Bonchev–Trinajstić information content (AvgIpc) is 3.03. The number of anilines is 1. The smallest absolute Gasteiger partial charge is 0.228 e. The minimum atomic E-state index is -0.0690. The van der Waals surface area contributed by atoms with Crippen molar-refractivity contribution in [2.75, 3.05) is 26.0 Å². The molecule has 0 fully saturated rings. The molecule has 2 aromatic carbocycles. The molecule has 0 unspecified atom stereocenters. The lowest BCUT2D eigenvalue weighted by molar-refractivity contribution is -0.115. The van der Waals surface area contributed by atoms with Crippen LogP contribution in [0.4, 0.5) is 5.69 Å². The van der Waals surface area contributed by atoms with Gasteiger partial charge in [-0.2, -0.15) is 5.26 Å². The zero-order valence-electron chi connectivity index (χ0n) is 15.1. The van der Waals surface area contributed by atoms with Gasteiger partial charge in [-0.3, -0.25) is 4.79 Å². The molecule has 0 bridgehead atoms. The standard InChI is InChI=1S/C21H22N4O/c1-24(2)11-12-25-10-9-18-7-8-19(14-20(18)25)23-21(26)13-16-3-5-17(15-22)6-4-16/h3-10,14H,11-13H2,1-2H3,(H,23,26). The Labute approximate surface area is 153 Å². The van der Waals surface area contributed by atoms with Crippen molar-refractivity contribution < 1.29 is 4.79 Å². The molecular weight excluding hydrogens is 324 g/mol. The quantitative estimate of drug-likeness (QED) is 0.745. The Morgan fingerprint density at radius 2 is 1.92 bits per heavy atom. The third-order valence-corrected chi connectivity index (χ3v) is 4.29. The van der Waals surface area contributed by atoms with E-state index < -0.39 is 0 Å². The first kappa shape index (κ1) is 17.7. The van der Waals surface area contributed by atoms with E-state index in [1.165, 1.54) is 0 Å². The van der Waals surface area contributed by atoms with Gasteiger partial charge in [0.25, 0.3) is 0 Å². The van der Waals surface area contributed by atoms with Gasteiger partial charge >= 0.3 is 0 Å². The minimum absolute atomic E-state index is 0.0690. The van der Waals surface area contributed by atoms with Crippen molar-refractivity contribution in [1.29, 1.82) is 5.26 Å². The van der Waals surface area contributed by atoms with Crippen LogP contribution in [0.1, 0.15) is 11.1 Å². The molecular formula is C21H22N4O. The highest BCUT2D eigenvalue weighted by molar-refractivity contribution is 5.94. The molecule has 0 aliphatic rings. The molecule has 3 aromatic rings. The molecule has 0 aliphatic heterocycles. The molecule has 0 spiro atoms. The highest BCUT2D eigenvalue weighted by atomic mass is 16.1. The van der Waals surface area contributed by atoms with Crippen LogP contribution in [0.25, 0.3) is 10.9 Å². The molecule has 0 aliphatic carbocycles. The van der Waals surface area contributed by atoms with Crippen LogP contribution in [-0.4, -0.2) is 36.0 Å². The van der Waals surface area contributed by atoms with E-state index in [0.29, 0.717) is 5.56 Å². The van der Waals surface area contributed by atoms with Crippen LogP contribution in [0.2, 0.25) is 0 Å².